The van der Waals surface area contributed by atoms with Crippen LogP contribution in [0, 0.1) is 0 Å². The molecule has 9 heteroatoms. The van der Waals surface area contributed by atoms with Crippen molar-refractivity contribution >= 4 is 38.1 Å². The predicted molar refractivity (Wildman–Crippen MR) is 123 cm³/mol. The number of carbonyl (C=O) groups excluding carboxylic acids is 1. The average molecular weight is 457 g/mol. The van der Waals surface area contributed by atoms with Gasteiger partial charge in [0.2, 0.25) is 0 Å². The second-order valence-corrected chi connectivity index (χ2v) is 10.1. The fourth-order valence-corrected chi connectivity index (χ4v) is 5.46. The van der Waals surface area contributed by atoms with Gasteiger partial charge in [-0.3, -0.25) is 9.10 Å². The normalized spacial score (nSPS) is 14.9. The van der Waals surface area contributed by atoms with Crippen LogP contribution in [0.3, 0.4) is 0 Å². The van der Waals surface area contributed by atoms with Crippen LogP contribution >= 0.6 is 11.3 Å². The first-order chi connectivity index (χ1) is 15.0. The summed E-state index contributed by atoms with van der Waals surface area (Å²) in [5, 5.41) is 2.93. The van der Waals surface area contributed by atoms with E-state index in [1.807, 2.05) is 16.3 Å². The highest BCUT2D eigenvalue weighted by atomic mass is 32.2. The molecule has 31 heavy (non-hydrogen) atoms. The third-order valence-electron chi connectivity index (χ3n) is 5.35. The van der Waals surface area contributed by atoms with Crippen LogP contribution in [0.2, 0.25) is 0 Å². The number of rotatable bonds is 5. The van der Waals surface area contributed by atoms with Crippen molar-refractivity contribution in [2.45, 2.75) is 11.3 Å². The van der Waals surface area contributed by atoms with Crippen LogP contribution in [0.4, 0.5) is 10.8 Å². The summed E-state index contributed by atoms with van der Waals surface area (Å²) in [6.07, 6.45) is 2.65. The van der Waals surface area contributed by atoms with Gasteiger partial charge in [0.1, 0.15) is 0 Å². The minimum absolute atomic E-state index is 0.0821. The summed E-state index contributed by atoms with van der Waals surface area (Å²) in [6, 6.07) is 15.1. The molecule has 1 saturated heterocycles. The van der Waals surface area contributed by atoms with E-state index >= 15 is 0 Å². The molecular weight excluding hydrogens is 432 g/mol. The van der Waals surface area contributed by atoms with Crippen LogP contribution in [-0.2, 0) is 10.0 Å². The first-order valence-electron chi connectivity index (χ1n) is 10.0. The Balaban J connectivity index is 1.46. The molecule has 7 nitrogen and oxygen atoms in total. The van der Waals surface area contributed by atoms with E-state index in [-0.39, 0.29) is 10.8 Å². The molecule has 2 aromatic carbocycles. The summed E-state index contributed by atoms with van der Waals surface area (Å²) in [6.45, 7) is 2.86. The number of thiazole rings is 1. The fraction of sp³-hybridized carbons (Fsp3) is 0.273. The summed E-state index contributed by atoms with van der Waals surface area (Å²) in [5.41, 5.74) is 1.07. The summed E-state index contributed by atoms with van der Waals surface area (Å²) in [4.78, 5) is 21.5. The number of benzene rings is 2. The fourth-order valence-electron chi connectivity index (χ4n) is 3.57. The Bertz CT molecular complexity index is 1120. The maximum Gasteiger partial charge on any atom is 0.264 e. The smallest absolute Gasteiger partial charge is 0.264 e. The van der Waals surface area contributed by atoms with Crippen molar-refractivity contribution in [3.05, 3.63) is 71.7 Å². The predicted octanol–water partition coefficient (Wildman–Crippen LogP) is 3.32. The molecule has 0 bridgehead atoms. The summed E-state index contributed by atoms with van der Waals surface area (Å²) in [5.74, 6) is -0.0821. The molecular formula is C22H24N4O3S2. The largest absolute Gasteiger partial charge is 0.346 e. The van der Waals surface area contributed by atoms with Crippen LogP contribution in [0.5, 0.6) is 0 Å². The average Bonchev–Trinajstić information content (AvgIpc) is 3.23. The van der Waals surface area contributed by atoms with Crippen LogP contribution in [-0.4, -0.2) is 57.4 Å². The lowest BCUT2D eigenvalue weighted by Crippen LogP contribution is -2.35. The summed E-state index contributed by atoms with van der Waals surface area (Å²) >= 11 is 1.60. The number of para-hydroxylation sites is 1. The standard InChI is InChI=1S/C22H24N4O3S2/c1-24(19-6-3-2-4-7-19)31(28,29)20-10-8-18(9-11-20)21(27)25-13-5-14-26(16-15-25)22-23-12-17-30-22/h2-4,6-12,17H,5,13-16H2,1H3. The minimum atomic E-state index is -3.70. The summed E-state index contributed by atoms with van der Waals surface area (Å²) < 4.78 is 27.1. The first-order valence-corrected chi connectivity index (χ1v) is 12.4. The number of anilines is 2. The van der Waals surface area contributed by atoms with Crippen molar-refractivity contribution in [3.63, 3.8) is 0 Å². The highest BCUT2D eigenvalue weighted by molar-refractivity contribution is 7.92. The number of carbonyl (C=O) groups is 1. The van der Waals surface area contributed by atoms with Crippen molar-refractivity contribution in [3.8, 4) is 0 Å². The Hall–Kier alpha value is -2.91. The lowest BCUT2D eigenvalue weighted by atomic mass is 10.2. The van der Waals surface area contributed by atoms with Crippen molar-refractivity contribution in [1.82, 2.24) is 9.88 Å². The second kappa shape index (κ2) is 9.07. The third kappa shape index (κ3) is 4.57. The van der Waals surface area contributed by atoms with E-state index in [2.05, 4.69) is 9.88 Å². The van der Waals surface area contributed by atoms with E-state index in [0.717, 1.165) is 24.6 Å². The molecule has 0 saturated carbocycles. The van der Waals surface area contributed by atoms with Gasteiger partial charge in [0, 0.05) is 50.4 Å². The minimum Gasteiger partial charge on any atom is -0.346 e. The van der Waals surface area contributed by atoms with Crippen LogP contribution in [0.1, 0.15) is 16.8 Å². The quantitative estimate of drug-likeness (QED) is 0.589. The number of sulfonamides is 1. The van der Waals surface area contributed by atoms with Crippen LogP contribution in [0.25, 0.3) is 0 Å². The van der Waals surface area contributed by atoms with Crippen molar-refractivity contribution < 1.29 is 13.2 Å². The molecule has 0 aliphatic carbocycles. The molecule has 0 spiro atoms. The molecule has 0 atom stereocenters. The third-order valence-corrected chi connectivity index (χ3v) is 7.98. The Kier molecular flexibility index (Phi) is 6.24. The van der Waals surface area contributed by atoms with Crippen molar-refractivity contribution in [2.24, 2.45) is 0 Å². The van der Waals surface area contributed by atoms with Crippen molar-refractivity contribution in [1.29, 1.82) is 0 Å². The molecule has 3 aromatic rings. The zero-order valence-electron chi connectivity index (χ0n) is 17.2. The number of hydrogen-bond acceptors (Lipinski definition) is 6. The molecule has 2 heterocycles. The van der Waals surface area contributed by atoms with E-state index < -0.39 is 10.0 Å². The highest BCUT2D eigenvalue weighted by Gasteiger charge is 2.24. The van der Waals surface area contributed by atoms with E-state index in [1.165, 1.54) is 23.5 Å². The monoisotopic (exact) mass is 456 g/mol. The molecule has 162 valence electrons. The van der Waals surface area contributed by atoms with E-state index in [4.69, 9.17) is 0 Å². The second-order valence-electron chi connectivity index (χ2n) is 7.28. The lowest BCUT2D eigenvalue weighted by molar-refractivity contribution is 0.0767. The molecule has 0 N–H and O–H groups in total. The van der Waals surface area contributed by atoms with Gasteiger partial charge in [-0.15, -0.1) is 11.3 Å². The van der Waals surface area contributed by atoms with Gasteiger partial charge in [-0.25, -0.2) is 13.4 Å². The van der Waals surface area contributed by atoms with Crippen LogP contribution in [0.15, 0.2) is 71.1 Å². The summed E-state index contributed by atoms with van der Waals surface area (Å²) in [7, 11) is -2.18. The zero-order chi connectivity index (χ0) is 21.8. The lowest BCUT2D eigenvalue weighted by Gasteiger charge is -2.22. The number of hydrogen-bond donors (Lipinski definition) is 0. The topological polar surface area (TPSA) is 73.8 Å². The molecule has 1 amide bonds. The Morgan fingerprint density at radius 3 is 2.42 bits per heavy atom. The number of amides is 1. The molecule has 0 radical (unpaired) electrons. The van der Waals surface area contributed by atoms with Gasteiger partial charge in [0.05, 0.1) is 10.6 Å². The number of aromatic nitrogens is 1. The van der Waals surface area contributed by atoms with E-state index in [1.54, 1.807) is 53.9 Å². The van der Waals surface area contributed by atoms with E-state index in [0.29, 0.717) is 24.3 Å². The number of nitrogens with zero attached hydrogens (tertiary/aromatic N) is 4. The zero-order valence-corrected chi connectivity index (χ0v) is 18.8. The van der Waals surface area contributed by atoms with Gasteiger partial charge in [-0.1, -0.05) is 18.2 Å². The van der Waals surface area contributed by atoms with Gasteiger partial charge in [0.15, 0.2) is 5.13 Å². The Morgan fingerprint density at radius 2 is 1.74 bits per heavy atom. The van der Waals surface area contributed by atoms with E-state index in [9.17, 15) is 13.2 Å². The van der Waals surface area contributed by atoms with Gasteiger partial charge in [-0.05, 0) is 42.8 Å². The van der Waals surface area contributed by atoms with Gasteiger partial charge in [0.25, 0.3) is 15.9 Å². The molecule has 1 aromatic heterocycles. The Morgan fingerprint density at radius 1 is 1.00 bits per heavy atom. The maximum atomic E-state index is 13.0. The van der Waals surface area contributed by atoms with Gasteiger partial charge in [-0.2, -0.15) is 0 Å². The van der Waals surface area contributed by atoms with Gasteiger partial charge < -0.3 is 9.80 Å². The Labute approximate surface area is 186 Å². The van der Waals surface area contributed by atoms with Crippen LogP contribution < -0.4 is 9.21 Å². The SMILES string of the molecule is CN(c1ccccc1)S(=O)(=O)c1ccc(C(=O)N2CCCN(c3nccs3)CC2)cc1. The molecule has 1 aliphatic rings. The van der Waals surface area contributed by atoms with Crippen molar-refractivity contribution in [2.75, 3.05) is 42.4 Å². The molecule has 4 rings (SSSR count). The molecule has 1 aliphatic heterocycles. The molecule has 1 fully saturated rings. The highest BCUT2D eigenvalue weighted by Crippen LogP contribution is 2.23. The molecule has 0 unspecified atom stereocenters. The maximum absolute atomic E-state index is 13.0. The first kappa shape index (κ1) is 21.3. The van der Waals surface area contributed by atoms with Gasteiger partial charge >= 0.3 is 0 Å².